The van der Waals surface area contributed by atoms with Crippen LogP contribution in [0.4, 0.5) is 17.1 Å². The summed E-state index contributed by atoms with van der Waals surface area (Å²) in [5.74, 6) is -5.10. The second-order valence-corrected chi connectivity index (χ2v) is 11.8. The molecule has 43 heavy (non-hydrogen) atoms. The number of non-ortho nitro benzene ring substituents is 1. The molecule has 0 bridgehead atoms. The third-order valence-electron chi connectivity index (χ3n) is 9.86. The molecule has 2 saturated heterocycles. The summed E-state index contributed by atoms with van der Waals surface area (Å²) < 4.78 is 0. The van der Waals surface area contributed by atoms with Crippen molar-refractivity contribution in [1.82, 2.24) is 0 Å². The van der Waals surface area contributed by atoms with Gasteiger partial charge in [-0.1, -0.05) is 48.0 Å². The lowest BCUT2D eigenvalue weighted by atomic mass is 9.51. The number of rotatable bonds is 4. The lowest BCUT2D eigenvalue weighted by Gasteiger charge is -2.49. The van der Waals surface area contributed by atoms with Crippen LogP contribution in [0.2, 0.25) is 0 Å². The summed E-state index contributed by atoms with van der Waals surface area (Å²) in [7, 11) is 0. The summed E-state index contributed by atoms with van der Waals surface area (Å²) in [6, 6.07) is 20.7. The standard InChI is InChI=1S/C33H27N3O7/c1-33-25(30(39)35(32(33)41)18-7-3-2-4-8-18)17-24-21(28(33)22-9-5-6-10-26(22)37)15-16-23-27(24)31(40)34(29(23)38)19-11-13-20(14-12-19)36(42)43/h2-15,23-25,27-28,37H,16-17H2,1H3. The van der Waals surface area contributed by atoms with Crippen molar-refractivity contribution in [2.24, 2.45) is 29.1 Å². The summed E-state index contributed by atoms with van der Waals surface area (Å²) in [6.45, 7) is 1.77. The number of carbonyl (C=O) groups excluding carboxylic acids is 4. The van der Waals surface area contributed by atoms with Crippen molar-refractivity contribution in [3.63, 3.8) is 0 Å². The number of allylic oxidation sites excluding steroid dienone is 2. The molecule has 6 unspecified atom stereocenters. The quantitative estimate of drug-likeness (QED) is 0.205. The summed E-state index contributed by atoms with van der Waals surface area (Å²) >= 11 is 0. The minimum Gasteiger partial charge on any atom is -0.508 e. The zero-order valence-electron chi connectivity index (χ0n) is 23.1. The lowest BCUT2D eigenvalue weighted by Crippen LogP contribution is -2.48. The van der Waals surface area contributed by atoms with Gasteiger partial charge in [0.25, 0.3) is 5.69 Å². The van der Waals surface area contributed by atoms with Crippen molar-refractivity contribution in [2.45, 2.75) is 25.7 Å². The Kier molecular flexibility index (Phi) is 5.88. The highest BCUT2D eigenvalue weighted by Gasteiger charge is 2.68. The van der Waals surface area contributed by atoms with E-state index in [4.69, 9.17) is 0 Å². The fraction of sp³-hybridized carbons (Fsp3) is 0.273. The van der Waals surface area contributed by atoms with Crippen molar-refractivity contribution < 1.29 is 29.2 Å². The Labute approximate surface area is 246 Å². The number of nitrogens with zero attached hydrogens (tertiary/aromatic N) is 3. The van der Waals surface area contributed by atoms with Gasteiger partial charge in [0.1, 0.15) is 5.75 Å². The molecule has 0 aromatic heterocycles. The summed E-state index contributed by atoms with van der Waals surface area (Å²) in [6.07, 6.45) is 2.35. The Morgan fingerprint density at radius 1 is 0.814 bits per heavy atom. The van der Waals surface area contributed by atoms with E-state index >= 15 is 0 Å². The van der Waals surface area contributed by atoms with Crippen LogP contribution in [0, 0.1) is 39.2 Å². The number of para-hydroxylation sites is 2. The SMILES string of the molecule is CC12C(=O)N(c3ccccc3)C(=O)C1CC1C(=CCC3C(=O)N(c4ccc([N+](=O)[O-])cc4)C(=O)C31)C2c1ccccc1O. The molecule has 216 valence electrons. The largest absolute Gasteiger partial charge is 0.508 e. The Bertz CT molecular complexity index is 1750. The molecule has 2 heterocycles. The molecule has 7 rings (SSSR count). The fourth-order valence-electron chi connectivity index (χ4n) is 7.89. The number of imide groups is 2. The van der Waals surface area contributed by atoms with E-state index in [0.717, 1.165) is 10.5 Å². The number of nitro benzene ring substituents is 1. The second-order valence-electron chi connectivity index (χ2n) is 11.8. The van der Waals surface area contributed by atoms with Crippen molar-refractivity contribution in [1.29, 1.82) is 0 Å². The maximum atomic E-state index is 14.3. The van der Waals surface area contributed by atoms with Gasteiger partial charge in [-0.05, 0) is 56.0 Å². The van der Waals surface area contributed by atoms with Gasteiger partial charge >= 0.3 is 0 Å². The first-order chi connectivity index (χ1) is 20.6. The molecule has 2 aliphatic heterocycles. The molecule has 2 aliphatic carbocycles. The fourth-order valence-corrected chi connectivity index (χ4v) is 7.89. The number of anilines is 2. The number of carbonyl (C=O) groups is 4. The van der Waals surface area contributed by atoms with E-state index in [0.29, 0.717) is 11.3 Å². The van der Waals surface area contributed by atoms with E-state index in [9.17, 15) is 34.4 Å². The number of nitro groups is 1. The monoisotopic (exact) mass is 577 g/mol. The van der Waals surface area contributed by atoms with Gasteiger partial charge in [0.05, 0.1) is 39.5 Å². The van der Waals surface area contributed by atoms with Gasteiger partial charge < -0.3 is 5.11 Å². The van der Waals surface area contributed by atoms with Crippen LogP contribution in [-0.4, -0.2) is 33.7 Å². The Morgan fingerprint density at radius 2 is 1.47 bits per heavy atom. The van der Waals surface area contributed by atoms with Gasteiger partial charge in [-0.2, -0.15) is 0 Å². The first-order valence-electron chi connectivity index (χ1n) is 14.2. The number of hydrogen-bond donors (Lipinski definition) is 1. The van der Waals surface area contributed by atoms with Crippen LogP contribution in [0.15, 0.2) is 90.5 Å². The first kappa shape index (κ1) is 26.8. The van der Waals surface area contributed by atoms with Crippen LogP contribution in [0.25, 0.3) is 0 Å². The average molecular weight is 578 g/mol. The van der Waals surface area contributed by atoms with Gasteiger partial charge in [-0.3, -0.25) is 34.2 Å². The minimum absolute atomic E-state index is 0.0177. The molecule has 0 radical (unpaired) electrons. The molecule has 3 aromatic rings. The number of phenols is 1. The van der Waals surface area contributed by atoms with E-state index in [1.807, 2.05) is 6.08 Å². The van der Waals surface area contributed by atoms with Crippen LogP contribution in [-0.2, 0) is 19.2 Å². The molecule has 3 aromatic carbocycles. The number of benzene rings is 3. The number of aromatic hydroxyl groups is 1. The molecule has 4 amide bonds. The van der Waals surface area contributed by atoms with Gasteiger partial charge in [0.2, 0.25) is 23.6 Å². The van der Waals surface area contributed by atoms with Gasteiger partial charge in [0.15, 0.2) is 0 Å². The number of phenolic OH excluding ortho intramolecular Hbond substituents is 1. The molecule has 1 saturated carbocycles. The third-order valence-corrected chi connectivity index (χ3v) is 9.86. The summed E-state index contributed by atoms with van der Waals surface area (Å²) in [4.78, 5) is 69.1. The molecule has 1 N–H and O–H groups in total. The predicted molar refractivity (Wildman–Crippen MR) is 155 cm³/mol. The molecule has 10 heteroatoms. The van der Waals surface area contributed by atoms with Crippen LogP contribution >= 0.6 is 0 Å². The van der Waals surface area contributed by atoms with Crippen molar-refractivity contribution >= 4 is 40.7 Å². The Balaban J connectivity index is 1.34. The van der Waals surface area contributed by atoms with E-state index in [1.165, 1.54) is 29.2 Å². The van der Waals surface area contributed by atoms with E-state index < -0.39 is 51.7 Å². The van der Waals surface area contributed by atoms with Gasteiger partial charge in [0, 0.05) is 23.6 Å². The van der Waals surface area contributed by atoms with E-state index in [1.54, 1.807) is 61.5 Å². The highest BCUT2D eigenvalue weighted by Crippen LogP contribution is 2.64. The molecule has 6 atom stereocenters. The molecule has 4 aliphatic rings. The Morgan fingerprint density at radius 3 is 2.14 bits per heavy atom. The van der Waals surface area contributed by atoms with Crippen molar-refractivity contribution in [2.75, 3.05) is 9.80 Å². The third kappa shape index (κ3) is 3.65. The second kappa shape index (κ2) is 9.45. The molecule has 0 spiro atoms. The van der Waals surface area contributed by atoms with Crippen LogP contribution < -0.4 is 9.80 Å². The first-order valence-corrected chi connectivity index (χ1v) is 14.2. The smallest absolute Gasteiger partial charge is 0.269 e. The highest BCUT2D eigenvalue weighted by molar-refractivity contribution is 6.25. The predicted octanol–water partition coefficient (Wildman–Crippen LogP) is 4.74. The topological polar surface area (TPSA) is 138 Å². The van der Waals surface area contributed by atoms with E-state index in [-0.39, 0.29) is 41.8 Å². The van der Waals surface area contributed by atoms with Gasteiger partial charge in [-0.25, -0.2) is 4.90 Å². The highest BCUT2D eigenvalue weighted by atomic mass is 16.6. The van der Waals surface area contributed by atoms with E-state index in [2.05, 4.69) is 0 Å². The van der Waals surface area contributed by atoms with Crippen molar-refractivity contribution in [3.05, 3.63) is 106 Å². The Hall–Kier alpha value is -5.12. The number of hydrogen-bond acceptors (Lipinski definition) is 7. The maximum Gasteiger partial charge on any atom is 0.269 e. The van der Waals surface area contributed by atoms with Crippen LogP contribution in [0.5, 0.6) is 5.75 Å². The van der Waals surface area contributed by atoms with Crippen LogP contribution in [0.3, 0.4) is 0 Å². The number of amides is 4. The molecular weight excluding hydrogens is 550 g/mol. The van der Waals surface area contributed by atoms with Crippen LogP contribution in [0.1, 0.15) is 31.2 Å². The molecule has 3 fully saturated rings. The lowest BCUT2D eigenvalue weighted by molar-refractivity contribution is -0.384. The minimum atomic E-state index is -1.25. The molecular formula is C33H27N3O7. The normalized spacial score (nSPS) is 29.7. The van der Waals surface area contributed by atoms with Crippen molar-refractivity contribution in [3.8, 4) is 5.75 Å². The maximum absolute atomic E-state index is 14.3. The number of fused-ring (bicyclic) bond motifs is 4. The van der Waals surface area contributed by atoms with Gasteiger partial charge in [-0.15, -0.1) is 0 Å². The zero-order chi connectivity index (χ0) is 30.2. The molecule has 10 nitrogen and oxygen atoms in total. The summed E-state index contributed by atoms with van der Waals surface area (Å²) in [5.41, 5.74) is 0.555. The average Bonchev–Trinajstić information content (AvgIpc) is 3.37. The summed E-state index contributed by atoms with van der Waals surface area (Å²) in [5, 5.41) is 22.2. The zero-order valence-corrected chi connectivity index (χ0v) is 23.1.